The number of nitrogens with zero attached hydrogens (tertiary/aromatic N) is 4. The van der Waals surface area contributed by atoms with Gasteiger partial charge in [0.15, 0.2) is 0 Å². The van der Waals surface area contributed by atoms with Gasteiger partial charge in [0.2, 0.25) is 17.7 Å². The van der Waals surface area contributed by atoms with E-state index in [1.165, 1.54) is 22.0 Å². The summed E-state index contributed by atoms with van der Waals surface area (Å²) in [5.41, 5.74) is 0.760. The van der Waals surface area contributed by atoms with E-state index < -0.39 is 78.2 Å². The lowest BCUT2D eigenvalue weighted by atomic mass is 9.83. The van der Waals surface area contributed by atoms with Gasteiger partial charge in [0, 0.05) is 75.6 Å². The van der Waals surface area contributed by atoms with Crippen LogP contribution in [0.25, 0.3) is 0 Å². The zero-order valence-corrected chi connectivity index (χ0v) is 40.4. The molecule has 2 aliphatic heterocycles. The summed E-state index contributed by atoms with van der Waals surface area (Å²) in [5.74, 6) is -6.39. The SMILES string of the molecule is CC[C@H](C)C(C(C=O)CC(O)N1CCCC1C(C=O)C(C)C(O)NC(Cc1ccccc1)C(=O)O)N(C)C(=O)[C@@H](NC(=O)C(C(C)C)N(C)C(=O)CCCCCN1C(=O)C=CC1=O)C(C)C. The molecule has 66 heavy (non-hydrogen) atoms. The van der Waals surface area contributed by atoms with E-state index in [-0.39, 0.29) is 61.3 Å². The quantitative estimate of drug-likeness (QED) is 0.0337. The molecule has 1 saturated heterocycles. The van der Waals surface area contributed by atoms with Crippen LogP contribution in [0.2, 0.25) is 0 Å². The predicted molar refractivity (Wildman–Crippen MR) is 248 cm³/mol. The molecule has 9 unspecified atom stereocenters. The molecule has 0 radical (unpaired) electrons. The number of hydrogen-bond donors (Lipinski definition) is 5. The molecule has 17 heteroatoms. The summed E-state index contributed by atoms with van der Waals surface area (Å²) in [6, 6.07) is 4.73. The van der Waals surface area contributed by atoms with Gasteiger partial charge in [-0.25, -0.2) is 0 Å². The third kappa shape index (κ3) is 14.8. The number of carboxylic acids is 1. The summed E-state index contributed by atoms with van der Waals surface area (Å²) in [6.45, 7) is 13.4. The minimum atomic E-state index is -1.37. The molecular formula is C49H76N6O11. The lowest BCUT2D eigenvalue weighted by Gasteiger charge is -2.41. The molecule has 0 bridgehead atoms. The largest absolute Gasteiger partial charge is 0.480 e. The molecule has 368 valence electrons. The second-order valence-electron chi connectivity index (χ2n) is 18.9. The molecule has 2 aliphatic rings. The number of carbonyl (C=O) groups excluding carboxylic acids is 7. The van der Waals surface area contributed by atoms with Crippen molar-refractivity contribution < 1.29 is 53.7 Å². The zero-order chi connectivity index (χ0) is 49.4. The number of rotatable bonds is 29. The monoisotopic (exact) mass is 925 g/mol. The number of likely N-dealkylation sites (tertiary alicyclic amines) is 1. The molecule has 1 fully saturated rings. The van der Waals surface area contributed by atoms with Gasteiger partial charge in [-0.2, -0.15) is 0 Å². The number of imide groups is 1. The van der Waals surface area contributed by atoms with Gasteiger partial charge >= 0.3 is 5.97 Å². The summed E-state index contributed by atoms with van der Waals surface area (Å²) in [5, 5.41) is 38.7. The molecule has 1 aromatic rings. The summed E-state index contributed by atoms with van der Waals surface area (Å²) in [4.78, 5) is 109. The first kappa shape index (κ1) is 55.5. The number of likely N-dealkylation sites (N-methyl/N-ethyl adjacent to an activating group) is 2. The van der Waals surface area contributed by atoms with Crippen LogP contribution in [0.3, 0.4) is 0 Å². The molecule has 0 spiro atoms. The first-order valence-corrected chi connectivity index (χ1v) is 23.6. The van der Waals surface area contributed by atoms with Crippen molar-refractivity contribution in [3.63, 3.8) is 0 Å². The Hall–Kier alpha value is -4.84. The maximum absolute atomic E-state index is 14.5. The lowest BCUT2D eigenvalue weighted by Crippen LogP contribution is -2.59. The van der Waals surface area contributed by atoms with Gasteiger partial charge in [0.05, 0.1) is 0 Å². The number of carbonyl (C=O) groups is 8. The summed E-state index contributed by atoms with van der Waals surface area (Å²) < 4.78 is 0. The van der Waals surface area contributed by atoms with Crippen LogP contribution in [0.15, 0.2) is 42.5 Å². The van der Waals surface area contributed by atoms with Crippen molar-refractivity contribution in [1.29, 1.82) is 0 Å². The summed E-state index contributed by atoms with van der Waals surface area (Å²) >= 11 is 0. The minimum absolute atomic E-state index is 0.0711. The number of amides is 5. The van der Waals surface area contributed by atoms with Gasteiger partial charge < -0.3 is 40.0 Å². The topological polar surface area (TPSA) is 234 Å². The second-order valence-corrected chi connectivity index (χ2v) is 18.9. The molecule has 5 N–H and O–H groups in total. The highest BCUT2D eigenvalue weighted by molar-refractivity contribution is 6.12. The van der Waals surface area contributed by atoms with E-state index in [0.717, 1.165) is 23.0 Å². The van der Waals surface area contributed by atoms with Crippen LogP contribution in [0.1, 0.15) is 105 Å². The standard InChI is InChI=1S/C49H76N6O11/c1-10-32(6)45(35(28-56)27-42(61)54-25-17-20-38(54)36(29-57)33(7)46(62)50-37(49(65)66)26-34-18-13-11-14-19-34)53(9)48(64)43(30(2)3)51-47(63)44(31(4)5)52(8)39(58)21-15-12-16-24-55-40(59)22-23-41(55)60/h11,13-14,18-19,22-23,28-33,35-38,42-46,50,61-62H,10,12,15-17,20-21,24-27H2,1-9H3,(H,51,63)(H,65,66)/t32-,33?,35?,36?,37?,38?,42?,43-,44?,45?,46?/m0/s1. The molecule has 0 aliphatic carbocycles. The fourth-order valence-electron chi connectivity index (χ4n) is 9.54. The van der Waals surface area contributed by atoms with Crippen LogP contribution in [-0.2, 0) is 44.8 Å². The Labute approximate surface area is 390 Å². The highest BCUT2D eigenvalue weighted by Gasteiger charge is 2.43. The number of aliphatic hydroxyl groups excluding tert-OH is 2. The van der Waals surface area contributed by atoms with Crippen molar-refractivity contribution in [3.05, 3.63) is 48.0 Å². The third-order valence-corrected chi connectivity index (χ3v) is 13.6. The van der Waals surface area contributed by atoms with E-state index in [1.54, 1.807) is 64.0 Å². The first-order chi connectivity index (χ1) is 31.2. The van der Waals surface area contributed by atoms with Gasteiger partial charge in [0.25, 0.3) is 11.8 Å². The highest BCUT2D eigenvalue weighted by Crippen LogP contribution is 2.34. The van der Waals surface area contributed by atoms with Crippen molar-refractivity contribution in [3.8, 4) is 0 Å². The smallest absolute Gasteiger partial charge is 0.321 e. The number of carboxylic acid groups (broad SMARTS) is 1. The van der Waals surface area contributed by atoms with Gasteiger partial charge in [-0.1, -0.05) is 91.6 Å². The first-order valence-electron chi connectivity index (χ1n) is 23.6. The van der Waals surface area contributed by atoms with E-state index >= 15 is 0 Å². The van der Waals surface area contributed by atoms with E-state index in [4.69, 9.17) is 0 Å². The van der Waals surface area contributed by atoms with Gasteiger partial charge in [0.1, 0.15) is 43.2 Å². The van der Waals surface area contributed by atoms with Crippen molar-refractivity contribution in [2.45, 2.75) is 149 Å². The summed E-state index contributed by atoms with van der Waals surface area (Å²) in [7, 11) is 3.14. The molecule has 2 heterocycles. The van der Waals surface area contributed by atoms with Gasteiger partial charge in [-0.3, -0.25) is 43.9 Å². The number of unbranched alkanes of at least 4 members (excludes halogenated alkanes) is 2. The summed E-state index contributed by atoms with van der Waals surface area (Å²) in [6.07, 6.45) is 4.88. The van der Waals surface area contributed by atoms with E-state index in [2.05, 4.69) is 10.6 Å². The molecule has 0 aromatic heterocycles. The van der Waals surface area contributed by atoms with Crippen LogP contribution in [0, 0.1) is 35.5 Å². The number of aliphatic carboxylic acids is 1. The molecule has 1 aromatic carbocycles. The van der Waals surface area contributed by atoms with Crippen LogP contribution in [-0.4, -0.2) is 153 Å². The Kier molecular flexibility index (Phi) is 22.3. The van der Waals surface area contributed by atoms with Crippen molar-refractivity contribution >= 4 is 48.1 Å². The van der Waals surface area contributed by atoms with Gasteiger partial charge in [-0.15, -0.1) is 0 Å². The Bertz CT molecular complexity index is 1810. The predicted octanol–water partition coefficient (Wildman–Crippen LogP) is 3.01. The minimum Gasteiger partial charge on any atom is -0.480 e. The highest BCUT2D eigenvalue weighted by atomic mass is 16.4. The van der Waals surface area contributed by atoms with Crippen molar-refractivity contribution in [2.24, 2.45) is 35.5 Å². The maximum atomic E-state index is 14.5. The number of hydrogen-bond acceptors (Lipinski definition) is 12. The number of benzene rings is 1. The average molecular weight is 925 g/mol. The van der Waals surface area contributed by atoms with Gasteiger partial charge in [-0.05, 0) is 61.8 Å². The van der Waals surface area contributed by atoms with Crippen LogP contribution in [0.4, 0.5) is 0 Å². The van der Waals surface area contributed by atoms with E-state index in [0.29, 0.717) is 45.1 Å². The molecule has 17 nitrogen and oxygen atoms in total. The molecule has 0 saturated carbocycles. The molecular weight excluding hydrogens is 849 g/mol. The number of aldehydes is 2. The second kappa shape index (κ2) is 26.5. The fourth-order valence-corrected chi connectivity index (χ4v) is 9.54. The Morgan fingerprint density at radius 1 is 0.879 bits per heavy atom. The number of nitrogens with one attached hydrogen (secondary N) is 2. The fraction of sp³-hybridized carbons (Fsp3) is 0.673. The number of aliphatic hydroxyl groups is 2. The molecule has 3 rings (SSSR count). The van der Waals surface area contributed by atoms with Crippen LogP contribution >= 0.6 is 0 Å². The van der Waals surface area contributed by atoms with Crippen molar-refractivity contribution in [1.82, 2.24) is 30.2 Å². The Balaban J connectivity index is 1.71. The third-order valence-electron chi connectivity index (χ3n) is 13.6. The molecule has 11 atom stereocenters. The van der Waals surface area contributed by atoms with Crippen LogP contribution in [0.5, 0.6) is 0 Å². The normalized spacial score (nSPS) is 20.0. The average Bonchev–Trinajstić information content (AvgIpc) is 3.89. The van der Waals surface area contributed by atoms with Crippen LogP contribution < -0.4 is 10.6 Å². The molecule has 5 amide bonds. The Morgan fingerprint density at radius 2 is 1.52 bits per heavy atom. The van der Waals surface area contributed by atoms with Crippen molar-refractivity contribution in [2.75, 3.05) is 27.2 Å². The lowest BCUT2D eigenvalue weighted by molar-refractivity contribution is -0.145. The van der Waals surface area contributed by atoms with E-state index in [9.17, 15) is 53.7 Å². The maximum Gasteiger partial charge on any atom is 0.321 e. The Morgan fingerprint density at radius 3 is 2.06 bits per heavy atom. The van der Waals surface area contributed by atoms with E-state index in [1.807, 2.05) is 33.8 Å². The zero-order valence-electron chi connectivity index (χ0n) is 40.4.